The number of fused-ring (bicyclic) bond motifs is 1. The highest BCUT2D eigenvalue weighted by Crippen LogP contribution is 2.55. The van der Waals surface area contributed by atoms with Gasteiger partial charge in [-0.2, -0.15) is 5.10 Å². The number of aromatic nitrogens is 3. The van der Waals surface area contributed by atoms with E-state index in [1.54, 1.807) is 0 Å². The van der Waals surface area contributed by atoms with Crippen LogP contribution in [0.3, 0.4) is 0 Å². The third-order valence-electron chi connectivity index (χ3n) is 6.28. The molecule has 0 saturated heterocycles. The topological polar surface area (TPSA) is 59.8 Å². The summed E-state index contributed by atoms with van der Waals surface area (Å²) in [6, 6.07) is 11.0. The number of nitrogens with zero attached hydrogens (tertiary/aromatic N) is 3. The average molecular weight is 352 g/mol. The maximum atomic E-state index is 12.9. The molecule has 2 saturated carbocycles. The van der Waals surface area contributed by atoms with Crippen LogP contribution in [0, 0.1) is 31.6 Å². The smallest absolute Gasteiger partial charge is 0.224 e. The SMILES string of the molecule is Cc1nc(C)n(C[C@H](C)C(=O)N[C@@H]2[C@@H]3CCC[C@@H]3[C@H]2c2ccccc2)n1. The van der Waals surface area contributed by atoms with Gasteiger partial charge in [0.15, 0.2) is 0 Å². The van der Waals surface area contributed by atoms with E-state index in [1.807, 2.05) is 25.5 Å². The Morgan fingerprint density at radius 3 is 2.65 bits per heavy atom. The van der Waals surface area contributed by atoms with Crippen molar-refractivity contribution in [2.45, 2.75) is 58.5 Å². The number of hydrogen-bond donors (Lipinski definition) is 1. The molecule has 5 heteroatoms. The molecule has 0 aliphatic heterocycles. The third-order valence-corrected chi connectivity index (χ3v) is 6.28. The van der Waals surface area contributed by atoms with Crippen molar-refractivity contribution in [3.8, 4) is 0 Å². The van der Waals surface area contributed by atoms with Gasteiger partial charge in [0.1, 0.15) is 11.6 Å². The molecular formula is C21H28N4O. The lowest BCUT2D eigenvalue weighted by molar-refractivity contribution is -0.127. The van der Waals surface area contributed by atoms with Crippen LogP contribution >= 0.6 is 0 Å². The first kappa shape index (κ1) is 17.3. The highest BCUT2D eigenvalue weighted by Gasteiger charge is 2.53. The average Bonchev–Trinajstić information content (AvgIpc) is 3.16. The molecule has 1 N–H and O–H groups in total. The second-order valence-electron chi connectivity index (χ2n) is 8.02. The monoisotopic (exact) mass is 352 g/mol. The molecule has 2 aliphatic carbocycles. The number of amides is 1. The maximum Gasteiger partial charge on any atom is 0.224 e. The number of hydrogen-bond acceptors (Lipinski definition) is 3. The zero-order valence-corrected chi connectivity index (χ0v) is 15.9. The van der Waals surface area contributed by atoms with Crippen LogP contribution in [0.25, 0.3) is 0 Å². The van der Waals surface area contributed by atoms with E-state index in [-0.39, 0.29) is 17.9 Å². The Hall–Kier alpha value is -2.17. The van der Waals surface area contributed by atoms with Crippen LogP contribution in [0.1, 0.15) is 49.3 Å². The van der Waals surface area contributed by atoms with Crippen molar-refractivity contribution in [2.24, 2.45) is 17.8 Å². The van der Waals surface area contributed by atoms with Crippen LogP contribution in [0.15, 0.2) is 30.3 Å². The summed E-state index contributed by atoms with van der Waals surface area (Å²) < 4.78 is 1.84. The molecule has 2 aliphatic rings. The number of nitrogens with one attached hydrogen (secondary N) is 1. The van der Waals surface area contributed by atoms with Crippen molar-refractivity contribution in [2.75, 3.05) is 0 Å². The Kier molecular flexibility index (Phi) is 4.55. The van der Waals surface area contributed by atoms with E-state index in [0.717, 1.165) is 17.6 Å². The second-order valence-corrected chi connectivity index (χ2v) is 8.02. The molecular weight excluding hydrogens is 324 g/mol. The van der Waals surface area contributed by atoms with Crippen molar-refractivity contribution in [3.63, 3.8) is 0 Å². The maximum absolute atomic E-state index is 12.9. The van der Waals surface area contributed by atoms with Gasteiger partial charge in [-0.25, -0.2) is 9.67 Å². The molecule has 26 heavy (non-hydrogen) atoms. The zero-order chi connectivity index (χ0) is 18.3. The van der Waals surface area contributed by atoms with Crippen molar-refractivity contribution in [3.05, 3.63) is 47.5 Å². The molecule has 1 heterocycles. The Morgan fingerprint density at radius 2 is 1.96 bits per heavy atom. The number of carbonyl (C=O) groups excluding carboxylic acids is 1. The van der Waals surface area contributed by atoms with E-state index in [9.17, 15) is 4.79 Å². The third kappa shape index (κ3) is 3.04. The Bertz CT molecular complexity index is 785. The Labute approximate surface area is 155 Å². The predicted octanol–water partition coefficient (Wildman–Crippen LogP) is 3.23. The number of aryl methyl sites for hydroxylation is 2. The fourth-order valence-electron chi connectivity index (χ4n) is 5.01. The molecule has 1 aromatic carbocycles. The molecule has 0 unspecified atom stereocenters. The summed E-state index contributed by atoms with van der Waals surface area (Å²) in [4.78, 5) is 17.2. The summed E-state index contributed by atoms with van der Waals surface area (Å²) in [6.07, 6.45) is 3.83. The largest absolute Gasteiger partial charge is 0.352 e. The Morgan fingerprint density at radius 1 is 1.23 bits per heavy atom. The molecule has 0 spiro atoms. The Balaban J connectivity index is 1.45. The van der Waals surface area contributed by atoms with Gasteiger partial charge in [-0.1, -0.05) is 43.7 Å². The van der Waals surface area contributed by atoms with Gasteiger partial charge < -0.3 is 5.32 Å². The molecule has 1 aromatic heterocycles. The summed E-state index contributed by atoms with van der Waals surface area (Å²) in [6.45, 7) is 6.38. The lowest BCUT2D eigenvalue weighted by Gasteiger charge is -2.50. The molecule has 2 aromatic rings. The fourth-order valence-corrected chi connectivity index (χ4v) is 5.01. The van der Waals surface area contributed by atoms with Crippen molar-refractivity contribution >= 4 is 5.91 Å². The number of rotatable bonds is 5. The van der Waals surface area contributed by atoms with E-state index in [0.29, 0.717) is 18.4 Å². The first-order valence-electron chi connectivity index (χ1n) is 9.78. The lowest BCUT2D eigenvalue weighted by atomic mass is 9.59. The van der Waals surface area contributed by atoms with Crippen LogP contribution in [0.5, 0.6) is 0 Å². The normalized spacial score (nSPS) is 28.3. The molecule has 0 bridgehead atoms. The first-order chi connectivity index (χ1) is 12.5. The van der Waals surface area contributed by atoms with E-state index in [1.165, 1.54) is 24.8 Å². The number of carbonyl (C=O) groups is 1. The van der Waals surface area contributed by atoms with Crippen LogP contribution in [-0.4, -0.2) is 26.7 Å². The van der Waals surface area contributed by atoms with Gasteiger partial charge in [-0.3, -0.25) is 4.79 Å². The highest BCUT2D eigenvalue weighted by molar-refractivity contribution is 5.79. The van der Waals surface area contributed by atoms with E-state index in [4.69, 9.17) is 0 Å². The summed E-state index contributed by atoms with van der Waals surface area (Å²) >= 11 is 0. The molecule has 5 atom stereocenters. The van der Waals surface area contributed by atoms with Crippen LogP contribution in [0.2, 0.25) is 0 Å². The first-order valence-corrected chi connectivity index (χ1v) is 9.78. The molecule has 5 nitrogen and oxygen atoms in total. The van der Waals surface area contributed by atoms with Gasteiger partial charge in [0, 0.05) is 12.0 Å². The lowest BCUT2D eigenvalue weighted by Crippen LogP contribution is -2.57. The minimum atomic E-state index is -0.119. The molecule has 1 amide bonds. The van der Waals surface area contributed by atoms with E-state index < -0.39 is 0 Å². The van der Waals surface area contributed by atoms with Gasteiger partial charge in [-0.05, 0) is 44.1 Å². The molecule has 138 valence electrons. The van der Waals surface area contributed by atoms with E-state index in [2.05, 4.69) is 45.7 Å². The van der Waals surface area contributed by atoms with Crippen molar-refractivity contribution < 1.29 is 4.79 Å². The second kappa shape index (κ2) is 6.86. The van der Waals surface area contributed by atoms with Gasteiger partial charge in [-0.15, -0.1) is 0 Å². The van der Waals surface area contributed by atoms with E-state index >= 15 is 0 Å². The zero-order valence-electron chi connectivity index (χ0n) is 15.9. The highest BCUT2D eigenvalue weighted by atomic mass is 16.2. The predicted molar refractivity (Wildman–Crippen MR) is 101 cm³/mol. The van der Waals surface area contributed by atoms with Crippen LogP contribution < -0.4 is 5.32 Å². The molecule has 0 radical (unpaired) electrons. The minimum absolute atomic E-state index is 0.119. The minimum Gasteiger partial charge on any atom is -0.352 e. The fraction of sp³-hybridized carbons (Fsp3) is 0.571. The standard InChI is InChI=1S/C21H28N4O/c1-13(12-25-15(3)22-14(2)24-25)21(26)23-20-18-11-7-10-17(18)19(20)16-8-5-4-6-9-16/h4-6,8-9,13,17-20H,7,10-12H2,1-3H3,(H,23,26)/t13-,17-,18+,19+,20+/m0/s1. The van der Waals surface area contributed by atoms with Crippen molar-refractivity contribution in [1.29, 1.82) is 0 Å². The summed E-state index contributed by atoms with van der Waals surface area (Å²) in [5, 5.41) is 7.77. The summed E-state index contributed by atoms with van der Waals surface area (Å²) in [5.41, 5.74) is 1.37. The van der Waals surface area contributed by atoms with Crippen LogP contribution in [-0.2, 0) is 11.3 Å². The molecule has 4 rings (SSSR count). The van der Waals surface area contributed by atoms with Crippen molar-refractivity contribution in [1.82, 2.24) is 20.1 Å². The van der Waals surface area contributed by atoms with Gasteiger partial charge in [0.25, 0.3) is 0 Å². The van der Waals surface area contributed by atoms with Gasteiger partial charge in [0.05, 0.1) is 12.5 Å². The molecule has 2 fully saturated rings. The van der Waals surface area contributed by atoms with Gasteiger partial charge >= 0.3 is 0 Å². The summed E-state index contributed by atoms with van der Waals surface area (Å²) in [5.74, 6) is 3.48. The van der Waals surface area contributed by atoms with Crippen LogP contribution in [0.4, 0.5) is 0 Å². The summed E-state index contributed by atoms with van der Waals surface area (Å²) in [7, 11) is 0. The van der Waals surface area contributed by atoms with Gasteiger partial charge in [0.2, 0.25) is 5.91 Å². The number of benzene rings is 1. The quantitative estimate of drug-likeness (QED) is 0.899.